The lowest BCUT2D eigenvalue weighted by Crippen LogP contribution is -2.46. The van der Waals surface area contributed by atoms with Crippen LogP contribution in [0.25, 0.3) is 22.3 Å². The molecule has 2 bridgehead atoms. The molecule has 3 aliphatic heterocycles. The van der Waals surface area contributed by atoms with Gasteiger partial charge in [-0.05, 0) is 18.6 Å². The van der Waals surface area contributed by atoms with Gasteiger partial charge in [-0.3, -0.25) is 38.0 Å². The molecule has 1 unspecified atom stereocenters. The van der Waals surface area contributed by atoms with Gasteiger partial charge in [0.2, 0.25) is 11.9 Å². The smallest absolute Gasteiger partial charge is 0.280 e. The average molecular weight is 811 g/mol. The first-order valence-corrected chi connectivity index (χ1v) is 19.5. The fraction of sp³-hybridized carbons (Fsp3) is 0.471. The fourth-order valence-electron chi connectivity index (χ4n) is 7.20. The summed E-state index contributed by atoms with van der Waals surface area (Å²) < 4.78 is 53.8. The van der Waals surface area contributed by atoms with Gasteiger partial charge in [0.1, 0.15) is 30.2 Å². The Kier molecular flexibility index (Phi) is 10.1. The van der Waals surface area contributed by atoms with Crippen LogP contribution in [-0.4, -0.2) is 130 Å². The molecule has 3 aliphatic rings. The highest BCUT2D eigenvalue weighted by molar-refractivity contribution is 7.86. The first kappa shape index (κ1) is 38.6. The number of hydrogen-bond acceptors (Lipinski definition) is 17. The van der Waals surface area contributed by atoms with E-state index in [1.807, 2.05) is 0 Å². The van der Waals surface area contributed by atoms with Gasteiger partial charge in [0.15, 0.2) is 40.6 Å². The summed E-state index contributed by atoms with van der Waals surface area (Å²) in [6, 6.07) is 8.49. The number of nitrogens with zero attached hydrogens (tertiary/aromatic N) is 7. The van der Waals surface area contributed by atoms with Crippen molar-refractivity contribution < 1.29 is 51.7 Å². The van der Waals surface area contributed by atoms with Crippen LogP contribution >= 0.6 is 0 Å². The minimum absolute atomic E-state index is 0.0268. The van der Waals surface area contributed by atoms with Crippen molar-refractivity contribution in [3.05, 3.63) is 65.2 Å². The second-order valence-electron chi connectivity index (χ2n) is 14.2. The predicted molar refractivity (Wildman–Crippen MR) is 195 cm³/mol. The number of aliphatic hydroxyl groups is 3. The SMILES string of the molecule is CC(C)C(=O)Nc1nc2c(ncn2[C@@H]2O[C@H](CCS(=O)(=O)OC3[C@H]4OC[C@]3(CO)O[C@H]4n3cnc4c(NC(=O)c5ccccc5)ncnc43)[C@@H](CO)[C@H]2O)c(=O)[nH]1. The number of fused-ring (bicyclic) bond motifs is 4. The van der Waals surface area contributed by atoms with Crippen molar-refractivity contribution in [2.45, 2.75) is 62.7 Å². The van der Waals surface area contributed by atoms with E-state index < -0.39 is 101 Å². The molecule has 22 nitrogen and oxygen atoms in total. The number of carbonyl (C=O) groups is 2. The highest BCUT2D eigenvalue weighted by Gasteiger charge is 2.64. The quantitative estimate of drug-likeness (QED) is 0.0812. The van der Waals surface area contributed by atoms with Gasteiger partial charge < -0.3 is 34.8 Å². The zero-order chi connectivity index (χ0) is 40.2. The van der Waals surface area contributed by atoms with Gasteiger partial charge in [-0.1, -0.05) is 32.0 Å². The summed E-state index contributed by atoms with van der Waals surface area (Å²) >= 11 is 0. The summed E-state index contributed by atoms with van der Waals surface area (Å²) in [6.07, 6.45) is -3.50. The van der Waals surface area contributed by atoms with E-state index in [0.29, 0.717) is 5.56 Å². The summed E-state index contributed by atoms with van der Waals surface area (Å²) in [7, 11) is -4.42. The molecule has 3 fully saturated rings. The van der Waals surface area contributed by atoms with Crippen molar-refractivity contribution >= 4 is 56.0 Å². The van der Waals surface area contributed by atoms with Gasteiger partial charge in [-0.25, -0.2) is 19.9 Å². The number of benzene rings is 1. The largest absolute Gasteiger partial charge is 0.396 e. The van der Waals surface area contributed by atoms with Crippen LogP contribution in [0.4, 0.5) is 11.8 Å². The van der Waals surface area contributed by atoms with Gasteiger partial charge >= 0.3 is 0 Å². The number of aliphatic hydroxyl groups excluding tert-OH is 3. The molecule has 302 valence electrons. The van der Waals surface area contributed by atoms with Crippen LogP contribution in [0.2, 0.25) is 0 Å². The van der Waals surface area contributed by atoms with Gasteiger partial charge in [0.25, 0.3) is 21.6 Å². The predicted octanol–water partition coefficient (Wildman–Crippen LogP) is -0.563. The number of anilines is 2. The van der Waals surface area contributed by atoms with E-state index in [1.165, 1.54) is 28.1 Å². The number of amides is 2. The van der Waals surface area contributed by atoms with E-state index in [2.05, 4.69) is 40.5 Å². The molecule has 57 heavy (non-hydrogen) atoms. The number of H-pyrrole nitrogens is 1. The van der Waals surface area contributed by atoms with E-state index >= 15 is 0 Å². The zero-order valence-corrected chi connectivity index (χ0v) is 31.1. The molecule has 0 spiro atoms. The van der Waals surface area contributed by atoms with Crippen LogP contribution in [0.3, 0.4) is 0 Å². The molecule has 1 aromatic carbocycles. The van der Waals surface area contributed by atoms with Gasteiger partial charge in [0.05, 0.1) is 44.3 Å². The summed E-state index contributed by atoms with van der Waals surface area (Å²) in [6.45, 7) is 1.89. The number of hydrogen-bond donors (Lipinski definition) is 6. The number of carbonyl (C=O) groups excluding carboxylic acids is 2. The highest BCUT2D eigenvalue weighted by atomic mass is 32.2. The summed E-state index contributed by atoms with van der Waals surface area (Å²) in [5.41, 5.74) is -1.54. The van der Waals surface area contributed by atoms with E-state index in [0.717, 1.165) is 0 Å². The second kappa shape index (κ2) is 14.9. The number of aromatic amines is 1. The third-order valence-corrected chi connectivity index (χ3v) is 11.5. The Morgan fingerprint density at radius 3 is 2.49 bits per heavy atom. The van der Waals surface area contributed by atoms with Crippen molar-refractivity contribution in [2.75, 3.05) is 36.2 Å². The topological polar surface area (TPSA) is 297 Å². The van der Waals surface area contributed by atoms with E-state index in [9.17, 15) is 38.1 Å². The molecule has 4 aromatic heterocycles. The van der Waals surface area contributed by atoms with Crippen molar-refractivity contribution in [1.82, 2.24) is 39.0 Å². The maximum Gasteiger partial charge on any atom is 0.280 e. The Labute approximate surface area is 322 Å². The minimum Gasteiger partial charge on any atom is -0.396 e. The molecule has 5 aromatic rings. The Bertz CT molecular complexity index is 2490. The first-order chi connectivity index (χ1) is 27.3. The van der Waals surface area contributed by atoms with Crippen LogP contribution in [0, 0.1) is 11.8 Å². The highest BCUT2D eigenvalue weighted by Crippen LogP contribution is 2.48. The van der Waals surface area contributed by atoms with Crippen LogP contribution in [0.5, 0.6) is 0 Å². The van der Waals surface area contributed by atoms with Gasteiger partial charge in [-0.2, -0.15) is 13.4 Å². The Morgan fingerprint density at radius 2 is 1.77 bits per heavy atom. The molecule has 23 heteroatoms. The molecule has 8 atom stereocenters. The van der Waals surface area contributed by atoms with Gasteiger partial charge in [0, 0.05) is 17.4 Å². The van der Waals surface area contributed by atoms with Gasteiger partial charge in [-0.15, -0.1) is 0 Å². The second-order valence-corrected chi connectivity index (χ2v) is 15.9. The lowest BCUT2D eigenvalue weighted by molar-refractivity contribution is -0.184. The van der Waals surface area contributed by atoms with Crippen LogP contribution < -0.4 is 16.2 Å². The minimum atomic E-state index is -4.42. The molecule has 7 heterocycles. The van der Waals surface area contributed by atoms with Crippen LogP contribution in [-0.2, 0) is 33.3 Å². The molecule has 0 saturated carbocycles. The summed E-state index contributed by atoms with van der Waals surface area (Å²) in [4.78, 5) is 61.5. The molecule has 2 amide bonds. The molecule has 8 rings (SSSR count). The van der Waals surface area contributed by atoms with E-state index in [4.69, 9.17) is 18.4 Å². The monoisotopic (exact) mass is 810 g/mol. The van der Waals surface area contributed by atoms with Crippen molar-refractivity contribution in [3.63, 3.8) is 0 Å². The fourth-order valence-corrected chi connectivity index (χ4v) is 8.42. The molecular weight excluding hydrogens is 772 g/mol. The summed E-state index contributed by atoms with van der Waals surface area (Å²) in [5.74, 6) is -2.87. The molecular formula is C34H38N10O12S. The van der Waals surface area contributed by atoms with Crippen molar-refractivity contribution in [2.24, 2.45) is 11.8 Å². The van der Waals surface area contributed by atoms with Crippen LogP contribution in [0.1, 0.15) is 43.1 Å². The number of aromatic nitrogens is 8. The Balaban J connectivity index is 0.973. The molecule has 0 radical (unpaired) electrons. The normalized spacial score (nSPS) is 27.2. The van der Waals surface area contributed by atoms with Crippen molar-refractivity contribution in [1.29, 1.82) is 0 Å². The third-order valence-electron chi connectivity index (χ3n) is 10.3. The van der Waals surface area contributed by atoms with Crippen LogP contribution in [0.15, 0.2) is 54.1 Å². The van der Waals surface area contributed by atoms with E-state index in [1.54, 1.807) is 44.2 Å². The van der Waals surface area contributed by atoms with Crippen molar-refractivity contribution in [3.8, 4) is 0 Å². The average Bonchev–Trinajstić information content (AvgIpc) is 4.02. The zero-order valence-electron chi connectivity index (χ0n) is 30.3. The maximum atomic E-state index is 13.6. The lowest BCUT2D eigenvalue weighted by atomic mass is 9.97. The Morgan fingerprint density at radius 1 is 1.04 bits per heavy atom. The standard InChI is InChI=1S/C34H38N10O12S/c1-16(2)28(48)41-33-40-27-21(30(50)42-33)38-15-44(27)31-22(47)18(10-45)19(54-31)8-9-57(51,52)56-24-23-32(55-34(24,11-46)12-53-23)43-14-37-20-25(35-13-36-26(20)43)39-29(49)17-6-4-3-5-7-17/h3-7,13-16,18-19,22-24,31-32,45-47H,8-12H2,1-2H3,(H,35,36,39,49)(H2,40,41,42,48,50)/t18-,19-,22-,23-,24?,31-,32-,34+/m1/s1. The summed E-state index contributed by atoms with van der Waals surface area (Å²) in [5, 5.41) is 37.1. The molecule has 6 N–H and O–H groups in total. The number of nitrogens with one attached hydrogen (secondary N) is 3. The molecule has 3 saturated heterocycles. The lowest BCUT2D eigenvalue weighted by Gasteiger charge is -2.29. The maximum absolute atomic E-state index is 13.6. The molecule has 0 aliphatic carbocycles. The number of rotatable bonds is 13. The Hall–Kier alpha value is -5.27. The number of ether oxygens (including phenoxy) is 3. The number of imidazole rings is 2. The van der Waals surface area contributed by atoms with E-state index in [-0.39, 0.29) is 47.1 Å². The first-order valence-electron chi connectivity index (χ1n) is 17.9. The third kappa shape index (κ3) is 6.94.